The van der Waals surface area contributed by atoms with Crippen LogP contribution in [-0.4, -0.2) is 20.4 Å². The van der Waals surface area contributed by atoms with Crippen molar-refractivity contribution in [2.24, 2.45) is 12.8 Å². The number of nitrogens with zero attached hydrogens (tertiary/aromatic N) is 3. The van der Waals surface area contributed by atoms with Gasteiger partial charge in [0.05, 0.1) is 12.7 Å². The van der Waals surface area contributed by atoms with E-state index in [0.29, 0.717) is 0 Å². The Kier molecular flexibility index (Phi) is 3.80. The van der Waals surface area contributed by atoms with Gasteiger partial charge in [-0.05, 0) is 30.5 Å². The molecule has 110 valence electrons. The molecule has 0 fully saturated rings. The molecular formula is C17H22N4. The Morgan fingerprint density at radius 1 is 1.29 bits per heavy atom. The van der Waals surface area contributed by atoms with E-state index in [1.807, 2.05) is 17.9 Å². The third-order valence-corrected chi connectivity index (χ3v) is 4.02. The van der Waals surface area contributed by atoms with Crippen molar-refractivity contribution < 1.29 is 0 Å². The fourth-order valence-electron chi connectivity index (χ4n) is 2.78. The van der Waals surface area contributed by atoms with Crippen LogP contribution in [-0.2, 0) is 20.0 Å². The fourth-order valence-corrected chi connectivity index (χ4v) is 2.78. The van der Waals surface area contributed by atoms with Crippen molar-refractivity contribution in [3.8, 4) is 0 Å². The number of benzene rings is 1. The van der Waals surface area contributed by atoms with Crippen molar-refractivity contribution >= 4 is 10.9 Å². The predicted molar refractivity (Wildman–Crippen MR) is 86.2 cm³/mol. The molecule has 21 heavy (non-hydrogen) atoms. The molecule has 2 N–H and O–H groups in total. The van der Waals surface area contributed by atoms with Crippen molar-refractivity contribution in [1.82, 2.24) is 14.3 Å². The molecule has 4 heteroatoms. The summed E-state index contributed by atoms with van der Waals surface area (Å²) in [6.45, 7) is 2.99. The van der Waals surface area contributed by atoms with Gasteiger partial charge in [0.15, 0.2) is 0 Å². The van der Waals surface area contributed by atoms with E-state index < -0.39 is 0 Å². The summed E-state index contributed by atoms with van der Waals surface area (Å²) in [6.07, 6.45) is 8.07. The second-order valence-corrected chi connectivity index (χ2v) is 5.69. The second-order valence-electron chi connectivity index (χ2n) is 5.69. The Bertz CT molecular complexity index is 738. The summed E-state index contributed by atoms with van der Waals surface area (Å²) in [5, 5.41) is 5.54. The molecule has 1 atom stereocenters. The van der Waals surface area contributed by atoms with Gasteiger partial charge in [-0.3, -0.25) is 4.68 Å². The molecule has 2 heterocycles. The fraction of sp³-hybridized carbons (Fsp3) is 0.353. The third-order valence-electron chi connectivity index (χ3n) is 4.02. The van der Waals surface area contributed by atoms with Crippen LogP contribution in [0.25, 0.3) is 10.9 Å². The van der Waals surface area contributed by atoms with E-state index in [4.69, 9.17) is 5.73 Å². The molecule has 0 aliphatic carbocycles. The molecule has 0 spiro atoms. The highest BCUT2D eigenvalue weighted by Gasteiger charge is 2.09. The summed E-state index contributed by atoms with van der Waals surface area (Å²) in [6, 6.07) is 8.92. The van der Waals surface area contributed by atoms with Gasteiger partial charge in [-0.15, -0.1) is 0 Å². The Hall–Kier alpha value is -2.07. The number of rotatable bonds is 5. The molecule has 0 aliphatic rings. The molecule has 3 rings (SSSR count). The summed E-state index contributed by atoms with van der Waals surface area (Å²) < 4.78 is 4.11. The van der Waals surface area contributed by atoms with E-state index in [1.54, 1.807) is 0 Å². The van der Waals surface area contributed by atoms with Gasteiger partial charge < -0.3 is 10.3 Å². The molecular weight excluding hydrogens is 260 g/mol. The minimum absolute atomic E-state index is 0.234. The number of hydrogen-bond acceptors (Lipinski definition) is 2. The summed E-state index contributed by atoms with van der Waals surface area (Å²) in [5.41, 5.74) is 9.93. The Labute approximate surface area is 125 Å². The van der Waals surface area contributed by atoms with Crippen LogP contribution in [0, 0.1) is 0 Å². The lowest BCUT2D eigenvalue weighted by atomic mass is 10.0. The van der Waals surface area contributed by atoms with Gasteiger partial charge in [-0.1, -0.05) is 19.1 Å². The smallest absolute Gasteiger partial charge is 0.0539 e. The maximum Gasteiger partial charge on any atom is 0.0539 e. The van der Waals surface area contributed by atoms with E-state index in [9.17, 15) is 0 Å². The number of aryl methyl sites for hydroxylation is 1. The lowest BCUT2D eigenvalue weighted by molar-refractivity contribution is 0.649. The molecule has 1 aromatic carbocycles. The normalized spacial score (nSPS) is 12.9. The van der Waals surface area contributed by atoms with Gasteiger partial charge in [0, 0.05) is 41.9 Å². The van der Waals surface area contributed by atoms with E-state index in [0.717, 1.165) is 19.4 Å². The highest BCUT2D eigenvalue weighted by Crippen LogP contribution is 2.22. The van der Waals surface area contributed by atoms with Gasteiger partial charge in [-0.25, -0.2) is 0 Å². The van der Waals surface area contributed by atoms with Gasteiger partial charge >= 0.3 is 0 Å². The van der Waals surface area contributed by atoms with E-state index >= 15 is 0 Å². The van der Waals surface area contributed by atoms with Gasteiger partial charge in [0.25, 0.3) is 0 Å². The topological polar surface area (TPSA) is 48.8 Å². The lowest BCUT2D eigenvalue weighted by Gasteiger charge is -2.10. The number of fused-ring (bicyclic) bond motifs is 1. The first-order valence-corrected chi connectivity index (χ1v) is 7.47. The maximum atomic E-state index is 6.11. The summed E-state index contributed by atoms with van der Waals surface area (Å²) in [5.74, 6) is 0. The molecule has 0 radical (unpaired) electrons. The monoisotopic (exact) mass is 282 g/mol. The first kappa shape index (κ1) is 13.9. The van der Waals surface area contributed by atoms with Crippen molar-refractivity contribution in [2.45, 2.75) is 32.4 Å². The number of nitrogens with two attached hydrogens (primary N) is 1. The third kappa shape index (κ3) is 2.85. The number of aromatic nitrogens is 3. The standard InChI is InChI=1S/C17H22N4/c1-3-15(18)9-14-5-4-6-17-16(14)7-8-21(17)12-13-10-19-20(2)11-13/h4-8,10-11,15H,3,9,12,18H2,1-2H3. The zero-order chi connectivity index (χ0) is 14.8. The SMILES string of the molecule is CCC(N)Cc1cccc2c1ccn2Cc1cnn(C)c1. The zero-order valence-corrected chi connectivity index (χ0v) is 12.7. The van der Waals surface area contributed by atoms with Crippen LogP contribution in [0.1, 0.15) is 24.5 Å². The molecule has 1 unspecified atom stereocenters. The van der Waals surface area contributed by atoms with Gasteiger partial charge in [0.1, 0.15) is 0 Å². The summed E-state index contributed by atoms with van der Waals surface area (Å²) >= 11 is 0. The van der Waals surface area contributed by atoms with Crippen molar-refractivity contribution in [3.63, 3.8) is 0 Å². The maximum absolute atomic E-state index is 6.11. The van der Waals surface area contributed by atoms with E-state index in [-0.39, 0.29) is 6.04 Å². The Morgan fingerprint density at radius 3 is 2.86 bits per heavy atom. The first-order chi connectivity index (χ1) is 10.2. The molecule has 3 aromatic rings. The van der Waals surface area contributed by atoms with Crippen molar-refractivity contribution in [2.75, 3.05) is 0 Å². The zero-order valence-electron chi connectivity index (χ0n) is 12.7. The minimum atomic E-state index is 0.234. The van der Waals surface area contributed by atoms with Crippen molar-refractivity contribution in [1.29, 1.82) is 0 Å². The molecule has 0 aliphatic heterocycles. The van der Waals surface area contributed by atoms with Crippen LogP contribution in [0.3, 0.4) is 0 Å². The number of hydrogen-bond donors (Lipinski definition) is 1. The minimum Gasteiger partial charge on any atom is -0.343 e. The van der Waals surface area contributed by atoms with Crippen LogP contribution in [0.2, 0.25) is 0 Å². The summed E-state index contributed by atoms with van der Waals surface area (Å²) in [7, 11) is 1.95. The average Bonchev–Trinajstić information content (AvgIpc) is 3.07. The molecule has 0 saturated heterocycles. The highest BCUT2D eigenvalue weighted by molar-refractivity contribution is 5.83. The van der Waals surface area contributed by atoms with Crippen molar-refractivity contribution in [3.05, 3.63) is 54.0 Å². The van der Waals surface area contributed by atoms with Crippen LogP contribution in [0.4, 0.5) is 0 Å². The molecule has 0 bridgehead atoms. The highest BCUT2D eigenvalue weighted by atomic mass is 15.2. The van der Waals surface area contributed by atoms with E-state index in [2.05, 4.69) is 53.2 Å². The summed E-state index contributed by atoms with van der Waals surface area (Å²) in [4.78, 5) is 0. The molecule has 2 aromatic heterocycles. The van der Waals surface area contributed by atoms with Crippen LogP contribution >= 0.6 is 0 Å². The van der Waals surface area contributed by atoms with Crippen LogP contribution < -0.4 is 5.73 Å². The Morgan fingerprint density at radius 2 is 2.14 bits per heavy atom. The molecule has 0 amide bonds. The Balaban J connectivity index is 1.93. The van der Waals surface area contributed by atoms with Gasteiger partial charge in [0.2, 0.25) is 0 Å². The quantitative estimate of drug-likeness (QED) is 0.782. The largest absolute Gasteiger partial charge is 0.343 e. The second kappa shape index (κ2) is 5.74. The van der Waals surface area contributed by atoms with Crippen LogP contribution in [0.5, 0.6) is 0 Å². The first-order valence-electron chi connectivity index (χ1n) is 7.47. The van der Waals surface area contributed by atoms with Gasteiger partial charge in [-0.2, -0.15) is 5.10 Å². The molecule has 0 saturated carbocycles. The van der Waals surface area contributed by atoms with Crippen LogP contribution in [0.15, 0.2) is 42.9 Å². The molecule has 4 nitrogen and oxygen atoms in total. The lowest BCUT2D eigenvalue weighted by Crippen LogP contribution is -2.21. The predicted octanol–water partition coefficient (Wildman–Crippen LogP) is 2.70. The average molecular weight is 282 g/mol. The van der Waals surface area contributed by atoms with E-state index in [1.165, 1.54) is 22.0 Å².